The Morgan fingerprint density at radius 3 is 2.11 bits per heavy atom. The van der Waals surface area contributed by atoms with E-state index in [2.05, 4.69) is 20.9 Å². The van der Waals surface area contributed by atoms with Crippen molar-refractivity contribution in [2.45, 2.75) is 19.8 Å². The molecule has 1 N–H and O–H groups in total. The highest BCUT2D eigenvalue weighted by Gasteiger charge is 2.19. The highest BCUT2D eigenvalue weighted by atomic mass is 16.5. The molecule has 0 aromatic carbocycles. The van der Waals surface area contributed by atoms with E-state index in [9.17, 15) is 9.59 Å². The Balaban J connectivity index is 2.84. The van der Waals surface area contributed by atoms with Crippen LogP contribution in [0.3, 0.4) is 0 Å². The van der Waals surface area contributed by atoms with Gasteiger partial charge in [0, 0.05) is 0 Å². The zero-order chi connectivity index (χ0) is 14.3. The predicted molar refractivity (Wildman–Crippen MR) is 71.5 cm³/mol. The molecule has 0 aromatic rings. The van der Waals surface area contributed by atoms with E-state index in [1.165, 1.54) is 20.3 Å². The van der Waals surface area contributed by atoms with Crippen LogP contribution in [0.1, 0.15) is 19.8 Å². The van der Waals surface area contributed by atoms with Crippen molar-refractivity contribution in [1.29, 1.82) is 0 Å². The Morgan fingerprint density at radius 2 is 1.63 bits per heavy atom. The van der Waals surface area contributed by atoms with Crippen LogP contribution in [0.2, 0.25) is 0 Å². The van der Waals surface area contributed by atoms with Crippen LogP contribution in [-0.4, -0.2) is 39.2 Å². The molecule has 1 aliphatic rings. The van der Waals surface area contributed by atoms with Crippen molar-refractivity contribution in [2.75, 3.05) is 27.3 Å². The quantitative estimate of drug-likeness (QED) is 0.273. The summed E-state index contributed by atoms with van der Waals surface area (Å²) >= 11 is 0. The summed E-state index contributed by atoms with van der Waals surface area (Å²) in [4.78, 5) is 23.0. The summed E-state index contributed by atoms with van der Waals surface area (Å²) in [6.45, 7) is 3.87. The summed E-state index contributed by atoms with van der Waals surface area (Å²) in [6, 6.07) is 0. The molecule has 0 amide bonds. The zero-order valence-corrected chi connectivity index (χ0v) is 11.7. The number of nitrogens with one attached hydrogen (secondary N) is 1. The van der Waals surface area contributed by atoms with Crippen molar-refractivity contribution >= 4 is 11.9 Å². The summed E-state index contributed by atoms with van der Waals surface area (Å²) in [7, 11) is 2.48. The first-order valence-corrected chi connectivity index (χ1v) is 6.36. The molecule has 106 valence electrons. The number of piperidine rings is 1. The molecule has 1 heterocycles. The second-order valence-corrected chi connectivity index (χ2v) is 4.54. The molecule has 5 heteroatoms. The van der Waals surface area contributed by atoms with E-state index < -0.39 is 11.9 Å². The molecule has 0 radical (unpaired) electrons. The minimum atomic E-state index is -0.676. The summed E-state index contributed by atoms with van der Waals surface area (Å²) in [5.41, 5.74) is 0.797. The number of hydrogen-bond donors (Lipinski definition) is 1. The molecule has 0 saturated carbocycles. The summed E-state index contributed by atoms with van der Waals surface area (Å²) in [5, 5.41) is 3.29. The molecule has 0 spiro atoms. The number of carbonyl (C=O) groups excluding carboxylic acids is 2. The largest absolute Gasteiger partial charge is 0.465 e. The molecule has 0 atom stereocenters. The zero-order valence-electron chi connectivity index (χ0n) is 11.7. The van der Waals surface area contributed by atoms with E-state index >= 15 is 0 Å². The second-order valence-electron chi connectivity index (χ2n) is 4.54. The molecule has 0 unspecified atom stereocenters. The first kappa shape index (κ1) is 15.4. The summed E-state index contributed by atoms with van der Waals surface area (Å²) in [6.07, 6.45) is 5.75. The highest BCUT2D eigenvalue weighted by molar-refractivity contribution is 6.14. The normalized spacial score (nSPS) is 16.7. The van der Waals surface area contributed by atoms with Gasteiger partial charge in [-0.15, -0.1) is 0 Å². The van der Waals surface area contributed by atoms with Gasteiger partial charge in [-0.2, -0.15) is 0 Å². The molecule has 5 nitrogen and oxygen atoms in total. The van der Waals surface area contributed by atoms with E-state index in [1.807, 2.05) is 6.92 Å². The van der Waals surface area contributed by atoms with Crippen LogP contribution >= 0.6 is 0 Å². The summed E-state index contributed by atoms with van der Waals surface area (Å²) < 4.78 is 9.16. The van der Waals surface area contributed by atoms with Crippen molar-refractivity contribution in [1.82, 2.24) is 5.32 Å². The Labute approximate surface area is 113 Å². The fourth-order valence-corrected chi connectivity index (χ4v) is 2.08. The number of rotatable bonds is 4. The standard InChI is InChI=1S/C14H21NO4/c1-10(8-11-4-6-15-7-5-11)9-12(13(16)18-2)14(17)19-3/h8-9,11,15H,4-7H2,1-3H3/b10-8+. The monoisotopic (exact) mass is 267 g/mol. The Kier molecular flexibility index (Phi) is 6.29. The maximum absolute atomic E-state index is 11.5. The summed E-state index contributed by atoms with van der Waals surface area (Å²) in [5.74, 6) is -0.871. The fraction of sp³-hybridized carbons (Fsp3) is 0.571. The highest BCUT2D eigenvalue weighted by Crippen LogP contribution is 2.17. The first-order chi connectivity index (χ1) is 9.08. The van der Waals surface area contributed by atoms with Crippen LogP contribution in [0, 0.1) is 5.92 Å². The van der Waals surface area contributed by atoms with Gasteiger partial charge in [0.25, 0.3) is 0 Å². The van der Waals surface area contributed by atoms with Crippen LogP contribution in [0.15, 0.2) is 23.3 Å². The van der Waals surface area contributed by atoms with Gasteiger partial charge in [-0.05, 0) is 44.8 Å². The lowest BCUT2D eigenvalue weighted by Crippen LogP contribution is -2.26. The molecule has 1 rings (SSSR count). The third kappa shape index (κ3) is 4.87. The van der Waals surface area contributed by atoms with Gasteiger partial charge in [-0.3, -0.25) is 0 Å². The lowest BCUT2D eigenvalue weighted by atomic mass is 9.95. The van der Waals surface area contributed by atoms with Crippen LogP contribution in [0.5, 0.6) is 0 Å². The lowest BCUT2D eigenvalue weighted by Gasteiger charge is -2.19. The van der Waals surface area contributed by atoms with E-state index in [4.69, 9.17) is 0 Å². The Bertz CT molecular complexity index is 374. The number of allylic oxidation sites excluding steroid dienone is 3. The molecule has 19 heavy (non-hydrogen) atoms. The van der Waals surface area contributed by atoms with Crippen LogP contribution in [-0.2, 0) is 19.1 Å². The number of esters is 2. The SMILES string of the molecule is COC(=O)C(=C/C(C)=C/C1CCNCC1)C(=O)OC. The van der Waals surface area contributed by atoms with Gasteiger partial charge in [0.2, 0.25) is 0 Å². The number of ether oxygens (including phenoxy) is 2. The van der Waals surface area contributed by atoms with E-state index in [0.29, 0.717) is 5.92 Å². The second kappa shape index (κ2) is 7.74. The average Bonchev–Trinajstić information content (AvgIpc) is 2.44. The van der Waals surface area contributed by atoms with Gasteiger partial charge in [0.1, 0.15) is 5.57 Å². The van der Waals surface area contributed by atoms with Crippen molar-refractivity contribution in [3.05, 3.63) is 23.3 Å². The first-order valence-electron chi connectivity index (χ1n) is 6.36. The molecular weight excluding hydrogens is 246 g/mol. The van der Waals surface area contributed by atoms with Gasteiger partial charge in [-0.1, -0.05) is 11.6 Å². The predicted octanol–water partition coefficient (Wildman–Crippen LogP) is 1.20. The van der Waals surface area contributed by atoms with Gasteiger partial charge in [0.05, 0.1) is 14.2 Å². The van der Waals surface area contributed by atoms with Crippen molar-refractivity contribution in [2.24, 2.45) is 5.92 Å². The average molecular weight is 267 g/mol. The third-order valence-corrected chi connectivity index (χ3v) is 3.07. The van der Waals surface area contributed by atoms with Crippen molar-refractivity contribution < 1.29 is 19.1 Å². The van der Waals surface area contributed by atoms with Gasteiger partial charge in [-0.25, -0.2) is 9.59 Å². The molecule has 1 saturated heterocycles. The van der Waals surface area contributed by atoms with Crippen LogP contribution in [0.25, 0.3) is 0 Å². The Hall–Kier alpha value is -1.62. The minimum Gasteiger partial charge on any atom is -0.465 e. The molecule has 0 aliphatic carbocycles. The minimum absolute atomic E-state index is 0.0762. The van der Waals surface area contributed by atoms with Gasteiger partial charge in [0.15, 0.2) is 0 Å². The third-order valence-electron chi connectivity index (χ3n) is 3.07. The molecule has 0 aromatic heterocycles. The van der Waals surface area contributed by atoms with E-state index in [1.54, 1.807) is 0 Å². The topological polar surface area (TPSA) is 64.6 Å². The number of carbonyl (C=O) groups is 2. The fourth-order valence-electron chi connectivity index (χ4n) is 2.08. The molecule has 1 fully saturated rings. The van der Waals surface area contributed by atoms with E-state index in [-0.39, 0.29) is 5.57 Å². The van der Waals surface area contributed by atoms with Gasteiger partial charge < -0.3 is 14.8 Å². The van der Waals surface area contributed by atoms with Crippen molar-refractivity contribution in [3.8, 4) is 0 Å². The van der Waals surface area contributed by atoms with Crippen molar-refractivity contribution in [3.63, 3.8) is 0 Å². The molecule has 0 bridgehead atoms. The maximum Gasteiger partial charge on any atom is 0.345 e. The van der Waals surface area contributed by atoms with Crippen LogP contribution in [0.4, 0.5) is 0 Å². The maximum atomic E-state index is 11.5. The van der Waals surface area contributed by atoms with Gasteiger partial charge >= 0.3 is 11.9 Å². The smallest absolute Gasteiger partial charge is 0.345 e. The number of hydrogen-bond acceptors (Lipinski definition) is 5. The number of methoxy groups -OCH3 is 2. The Morgan fingerprint density at radius 1 is 1.11 bits per heavy atom. The molecule has 1 aliphatic heterocycles. The lowest BCUT2D eigenvalue weighted by molar-refractivity contribution is -0.144. The molecular formula is C14H21NO4. The van der Waals surface area contributed by atoms with E-state index in [0.717, 1.165) is 31.5 Å². The van der Waals surface area contributed by atoms with Crippen LogP contribution < -0.4 is 5.32 Å².